The van der Waals surface area contributed by atoms with Gasteiger partial charge in [-0.05, 0) is 18.6 Å². The molecule has 0 aliphatic heterocycles. The number of hydrogen-bond donors (Lipinski definition) is 6. The van der Waals surface area contributed by atoms with Gasteiger partial charge < -0.3 is 16.8 Å². The second-order valence-corrected chi connectivity index (χ2v) is 6.69. The minimum absolute atomic E-state index is 0.0220. The molecule has 0 aliphatic carbocycles. The predicted octanol–water partition coefficient (Wildman–Crippen LogP) is -0.528. The van der Waals surface area contributed by atoms with Gasteiger partial charge in [0.05, 0.1) is 6.04 Å². The van der Waals surface area contributed by atoms with Crippen molar-refractivity contribution < 1.29 is 18.5 Å². The van der Waals surface area contributed by atoms with Gasteiger partial charge in [0.2, 0.25) is 11.8 Å². The summed E-state index contributed by atoms with van der Waals surface area (Å²) in [6.07, 6.45) is 0.0692. The third kappa shape index (κ3) is 7.31. The molecule has 1 rings (SSSR count). The summed E-state index contributed by atoms with van der Waals surface area (Å²) in [6.45, 7) is -0.123. The molecule has 0 saturated heterocycles. The smallest absolute Gasteiger partial charge is 0.274 e. The topological polar surface area (TPSA) is 179 Å². The molecule has 0 fully saturated rings. The van der Waals surface area contributed by atoms with E-state index in [1.54, 1.807) is 0 Å². The average Bonchev–Trinajstić information content (AvgIpc) is 2.42. The first-order chi connectivity index (χ1) is 10.6. The van der Waals surface area contributed by atoms with Crippen LogP contribution in [0.2, 0.25) is 0 Å². The second kappa shape index (κ2) is 8.14. The molecular formula is C12H20FN6O3P. The molecule has 1 aromatic rings. The van der Waals surface area contributed by atoms with Crippen LogP contribution in [-0.4, -0.2) is 17.9 Å². The quantitative estimate of drug-likeness (QED) is 0.342. The van der Waals surface area contributed by atoms with Crippen LogP contribution in [-0.2, 0) is 20.7 Å². The molecule has 128 valence electrons. The summed E-state index contributed by atoms with van der Waals surface area (Å²) in [6, 6.07) is 2.96. The van der Waals surface area contributed by atoms with E-state index in [0.29, 0.717) is 0 Å². The Labute approximate surface area is 132 Å². The van der Waals surface area contributed by atoms with E-state index in [2.05, 4.69) is 10.4 Å². The van der Waals surface area contributed by atoms with Crippen molar-refractivity contribution in [3.63, 3.8) is 0 Å². The second-order valence-electron chi connectivity index (χ2n) is 4.95. The fourth-order valence-electron chi connectivity index (χ4n) is 1.64. The molecule has 0 saturated carbocycles. The summed E-state index contributed by atoms with van der Waals surface area (Å²) in [5, 5.41) is 4.73. The predicted molar refractivity (Wildman–Crippen MR) is 84.3 cm³/mol. The van der Waals surface area contributed by atoms with Gasteiger partial charge in [-0.2, -0.15) is 0 Å². The number of carbonyl (C=O) groups excluding carboxylic acids is 2. The third-order valence-electron chi connectivity index (χ3n) is 2.88. The van der Waals surface area contributed by atoms with Crippen molar-refractivity contribution in [2.24, 2.45) is 22.5 Å². The summed E-state index contributed by atoms with van der Waals surface area (Å²) in [7, 11) is -3.46. The number of halogens is 1. The van der Waals surface area contributed by atoms with Crippen LogP contribution in [0.25, 0.3) is 0 Å². The Bertz CT molecular complexity index is 635. The molecule has 11 heteroatoms. The first-order valence-electron chi connectivity index (χ1n) is 6.64. The normalized spacial score (nSPS) is 12.7. The Balaban J connectivity index is 2.65. The van der Waals surface area contributed by atoms with Gasteiger partial charge in [-0.3, -0.25) is 25.2 Å². The van der Waals surface area contributed by atoms with Crippen LogP contribution < -0.4 is 32.9 Å². The van der Waals surface area contributed by atoms with Gasteiger partial charge in [0, 0.05) is 24.2 Å². The zero-order valence-corrected chi connectivity index (χ0v) is 13.2. The Kier molecular flexibility index (Phi) is 6.79. The van der Waals surface area contributed by atoms with E-state index in [1.165, 1.54) is 12.1 Å². The van der Waals surface area contributed by atoms with E-state index in [0.717, 1.165) is 6.07 Å². The van der Waals surface area contributed by atoms with Gasteiger partial charge in [-0.25, -0.2) is 9.48 Å². The van der Waals surface area contributed by atoms with E-state index in [1.807, 2.05) is 0 Å². The van der Waals surface area contributed by atoms with Crippen molar-refractivity contribution in [2.45, 2.75) is 25.4 Å². The van der Waals surface area contributed by atoms with E-state index in [-0.39, 0.29) is 30.6 Å². The molecule has 0 heterocycles. The van der Waals surface area contributed by atoms with E-state index in [9.17, 15) is 18.5 Å². The van der Waals surface area contributed by atoms with Crippen molar-refractivity contribution >= 4 is 25.1 Å². The highest BCUT2D eigenvalue weighted by Crippen LogP contribution is 2.21. The van der Waals surface area contributed by atoms with Gasteiger partial charge in [-0.1, -0.05) is 6.07 Å². The van der Waals surface area contributed by atoms with E-state index in [4.69, 9.17) is 22.5 Å². The molecular weight excluding hydrogens is 326 g/mol. The van der Waals surface area contributed by atoms with Crippen LogP contribution in [0, 0.1) is 5.82 Å². The Morgan fingerprint density at radius 1 is 1.30 bits per heavy atom. The fourth-order valence-corrected chi connectivity index (χ4v) is 2.06. The van der Waals surface area contributed by atoms with Gasteiger partial charge in [0.25, 0.3) is 7.59 Å². The first-order valence-corrected chi connectivity index (χ1v) is 8.48. The summed E-state index contributed by atoms with van der Waals surface area (Å²) in [4.78, 5) is 22.4. The monoisotopic (exact) mass is 346 g/mol. The first kappa shape index (κ1) is 19.2. The maximum atomic E-state index is 13.9. The highest BCUT2D eigenvalue weighted by Gasteiger charge is 2.15. The van der Waals surface area contributed by atoms with Gasteiger partial charge in [-0.15, -0.1) is 0 Å². The van der Waals surface area contributed by atoms with Gasteiger partial charge >= 0.3 is 0 Å². The minimum Gasteiger partial charge on any atom is -0.370 e. The van der Waals surface area contributed by atoms with Crippen molar-refractivity contribution in [1.29, 1.82) is 0 Å². The minimum atomic E-state index is -3.46. The summed E-state index contributed by atoms with van der Waals surface area (Å²) >= 11 is 0. The largest absolute Gasteiger partial charge is 0.370 e. The van der Waals surface area contributed by atoms with Crippen molar-refractivity contribution in [2.75, 3.05) is 5.32 Å². The van der Waals surface area contributed by atoms with E-state index < -0.39 is 31.3 Å². The van der Waals surface area contributed by atoms with Crippen molar-refractivity contribution in [1.82, 2.24) is 5.09 Å². The summed E-state index contributed by atoms with van der Waals surface area (Å²) in [5.74, 6) is -1.77. The zero-order chi connectivity index (χ0) is 17.6. The average molecular weight is 346 g/mol. The molecule has 0 radical (unpaired) electrons. The molecule has 1 aromatic carbocycles. The van der Waals surface area contributed by atoms with Crippen LogP contribution in [0.1, 0.15) is 18.4 Å². The van der Waals surface area contributed by atoms with Crippen LogP contribution >= 0.6 is 7.59 Å². The van der Waals surface area contributed by atoms with Crippen molar-refractivity contribution in [3.05, 3.63) is 29.6 Å². The number of nitrogens with two attached hydrogens (primary N) is 4. The molecule has 0 unspecified atom stereocenters. The molecule has 0 bridgehead atoms. The summed E-state index contributed by atoms with van der Waals surface area (Å²) in [5.41, 5.74) is 21.1. The molecule has 0 aromatic heterocycles. The van der Waals surface area contributed by atoms with Crippen LogP contribution in [0.15, 0.2) is 18.2 Å². The third-order valence-corrected chi connectivity index (χ3v) is 3.53. The Morgan fingerprint density at radius 2 is 1.96 bits per heavy atom. The lowest BCUT2D eigenvalue weighted by molar-refractivity contribution is -0.119. The molecule has 1 atom stereocenters. The molecule has 0 aliphatic rings. The lowest BCUT2D eigenvalue weighted by atomic mass is 10.1. The molecule has 2 amide bonds. The molecule has 9 nitrogen and oxygen atoms in total. The number of hydrogen-bond acceptors (Lipinski definition) is 4. The fraction of sp³-hybridized carbons (Fsp3) is 0.333. The lowest BCUT2D eigenvalue weighted by Gasteiger charge is -2.13. The lowest BCUT2D eigenvalue weighted by Crippen LogP contribution is -2.36. The Hall–Kier alpha value is -1.84. The Morgan fingerprint density at radius 3 is 2.48 bits per heavy atom. The zero-order valence-electron chi connectivity index (χ0n) is 12.3. The number of carbonyl (C=O) groups is 2. The number of rotatable bonds is 8. The number of amides is 2. The highest BCUT2D eigenvalue weighted by atomic mass is 31.2. The maximum absolute atomic E-state index is 13.9. The summed E-state index contributed by atoms with van der Waals surface area (Å²) < 4.78 is 25.0. The van der Waals surface area contributed by atoms with Gasteiger partial charge in [0.15, 0.2) is 0 Å². The van der Waals surface area contributed by atoms with Crippen LogP contribution in [0.3, 0.4) is 0 Å². The van der Waals surface area contributed by atoms with Crippen LogP contribution in [0.4, 0.5) is 10.1 Å². The molecule has 23 heavy (non-hydrogen) atoms. The van der Waals surface area contributed by atoms with Gasteiger partial charge in [0.1, 0.15) is 5.82 Å². The number of anilines is 1. The standard InChI is InChI=1S/C12H20FN6O3P/c13-9-5-8(2-1-7(9)6-18-23(16,17)22)19-12(21)10(14)3-4-11(15)20/h1-2,5,10H,3-4,6,14H2,(H2,15,20)(H,19,21)(H5,16,17,18,22)/t10-/m0/s1. The molecule has 0 spiro atoms. The van der Waals surface area contributed by atoms with Crippen LogP contribution in [0.5, 0.6) is 0 Å². The number of nitrogens with one attached hydrogen (secondary N) is 2. The number of primary amides is 1. The SMILES string of the molecule is NC(=O)CC[C@H](N)C(=O)Nc1ccc(CNP(N)(N)=O)c(F)c1. The maximum Gasteiger partial charge on any atom is 0.274 e. The number of benzene rings is 1. The molecule has 10 N–H and O–H groups in total. The highest BCUT2D eigenvalue weighted by molar-refractivity contribution is 7.56. The van der Waals surface area contributed by atoms with E-state index >= 15 is 0 Å². The van der Waals surface area contributed by atoms with Crippen molar-refractivity contribution in [3.8, 4) is 0 Å².